The summed E-state index contributed by atoms with van der Waals surface area (Å²) in [6.45, 7) is 0. The van der Waals surface area contributed by atoms with Gasteiger partial charge in [-0.3, -0.25) is 0 Å². The number of alkyl halides is 3. The number of fused-ring (bicyclic) bond motifs is 1. The van der Waals surface area contributed by atoms with Crippen LogP contribution < -0.4 is 10.5 Å². The highest BCUT2D eigenvalue weighted by molar-refractivity contribution is 5.76. The summed E-state index contributed by atoms with van der Waals surface area (Å²) in [6, 6.07) is 2.39. The predicted octanol–water partition coefficient (Wildman–Crippen LogP) is 2.26. The lowest BCUT2D eigenvalue weighted by Gasteiger charge is -2.04. The van der Waals surface area contributed by atoms with Gasteiger partial charge in [-0.15, -0.1) is 0 Å². The first-order valence-corrected chi connectivity index (χ1v) is 3.56. The van der Waals surface area contributed by atoms with E-state index in [1.807, 2.05) is 0 Å². The Morgan fingerprint density at radius 3 is 2.50 bits per heavy atom. The van der Waals surface area contributed by atoms with Gasteiger partial charge in [0.05, 0.1) is 5.69 Å². The zero-order valence-electron chi connectivity index (χ0n) is 6.64. The van der Waals surface area contributed by atoms with Crippen LogP contribution in [-0.2, 0) is 6.18 Å². The summed E-state index contributed by atoms with van der Waals surface area (Å²) in [5.41, 5.74) is 4.09. The molecule has 2 rings (SSSR count). The van der Waals surface area contributed by atoms with E-state index in [4.69, 9.17) is 11.0 Å². The smallest absolute Gasteiger partial charge is 0.420 e. The summed E-state index contributed by atoms with van der Waals surface area (Å²) >= 11 is 0. The highest BCUT2D eigenvalue weighted by atomic mass is 19.4. The van der Waals surface area contributed by atoms with Crippen molar-refractivity contribution in [1.82, 2.24) is 0 Å². The molecule has 0 spiro atoms. The molecule has 1 aliphatic heterocycles. The highest BCUT2D eigenvalue weighted by Crippen LogP contribution is 2.56. The van der Waals surface area contributed by atoms with Crippen LogP contribution >= 0.6 is 0 Å². The molecule has 14 heavy (non-hydrogen) atoms. The van der Waals surface area contributed by atoms with Gasteiger partial charge < -0.3 is 10.5 Å². The lowest BCUT2D eigenvalue weighted by atomic mass is 10.1. The first-order valence-electron chi connectivity index (χ1n) is 3.56. The molecule has 0 aromatic heterocycles. The Kier molecular flexibility index (Phi) is 1.44. The maximum atomic E-state index is 12.3. The van der Waals surface area contributed by atoms with Crippen LogP contribution in [0.5, 0.6) is 11.5 Å². The zero-order valence-corrected chi connectivity index (χ0v) is 6.64. The van der Waals surface area contributed by atoms with Crippen LogP contribution in [0.1, 0.15) is 11.1 Å². The van der Waals surface area contributed by atoms with E-state index < -0.39 is 11.7 Å². The van der Waals surface area contributed by atoms with Crippen LogP contribution in [-0.4, -0.2) is 0 Å². The average Bonchev–Trinajstić information content (AvgIpc) is 2.80. The Morgan fingerprint density at radius 1 is 1.36 bits per heavy atom. The van der Waals surface area contributed by atoms with Crippen LogP contribution in [0.3, 0.4) is 0 Å². The maximum absolute atomic E-state index is 12.3. The minimum atomic E-state index is -4.50. The third-order valence-corrected chi connectivity index (χ3v) is 1.85. The zero-order chi connectivity index (χ0) is 10.5. The molecule has 0 bridgehead atoms. The fraction of sp³-hybridized carbons (Fsp3) is 0.125. The highest BCUT2D eigenvalue weighted by Gasteiger charge is 2.43. The summed E-state index contributed by atoms with van der Waals surface area (Å²) in [5.74, 6) is -0.344. The number of hydrogen-bond donors (Lipinski definition) is 1. The second-order valence-corrected chi connectivity index (χ2v) is 2.76. The second kappa shape index (κ2) is 2.32. The lowest BCUT2D eigenvalue weighted by Crippen LogP contribution is -2.04. The molecule has 1 aliphatic rings. The molecule has 1 aromatic rings. The maximum Gasteiger partial charge on any atom is 0.420 e. The summed E-state index contributed by atoms with van der Waals surface area (Å²) in [7, 11) is 0. The van der Waals surface area contributed by atoms with E-state index in [0.717, 1.165) is 0 Å². The van der Waals surface area contributed by atoms with Gasteiger partial charge in [0, 0.05) is 0 Å². The largest absolute Gasteiger partial charge is 0.447 e. The van der Waals surface area contributed by atoms with E-state index in [2.05, 4.69) is 4.74 Å². The summed E-state index contributed by atoms with van der Waals surface area (Å²) in [6.07, 6.45) is -4.50. The SMILES string of the molecule is N#Cc1c(N)cc(C(F)(F)F)c2c1O2. The Morgan fingerprint density at radius 2 is 2.00 bits per heavy atom. The van der Waals surface area contributed by atoms with E-state index in [1.54, 1.807) is 6.07 Å². The minimum absolute atomic E-state index is 0.0343. The number of nitrogens with zero attached hydrogens (tertiary/aromatic N) is 1. The summed E-state index contributed by atoms with van der Waals surface area (Å²) in [5, 5.41) is 8.54. The molecule has 0 amide bonds. The normalized spacial score (nSPS) is 12.7. The van der Waals surface area contributed by atoms with E-state index in [1.165, 1.54) is 0 Å². The molecule has 1 heterocycles. The number of nitriles is 1. The van der Waals surface area contributed by atoms with Gasteiger partial charge in [-0.2, -0.15) is 18.4 Å². The molecule has 0 saturated heterocycles. The fourth-order valence-electron chi connectivity index (χ4n) is 1.17. The van der Waals surface area contributed by atoms with E-state index in [0.29, 0.717) is 6.07 Å². The van der Waals surface area contributed by atoms with Crippen molar-refractivity contribution >= 4 is 5.69 Å². The monoisotopic (exact) mass is 200 g/mol. The van der Waals surface area contributed by atoms with E-state index >= 15 is 0 Å². The quantitative estimate of drug-likeness (QED) is 0.524. The molecule has 3 nitrogen and oxygen atoms in total. The van der Waals surface area contributed by atoms with Crippen molar-refractivity contribution in [3.8, 4) is 17.6 Å². The Labute approximate surface area is 76.5 Å². The molecule has 0 saturated carbocycles. The van der Waals surface area contributed by atoms with Crippen molar-refractivity contribution < 1.29 is 17.9 Å². The molecule has 1 aromatic carbocycles. The van der Waals surface area contributed by atoms with Gasteiger partial charge in [0.2, 0.25) is 0 Å². The number of nitrogen functional groups attached to an aromatic ring is 1. The van der Waals surface area contributed by atoms with E-state index in [-0.39, 0.29) is 22.7 Å². The molecule has 0 unspecified atom stereocenters. The van der Waals surface area contributed by atoms with Crippen molar-refractivity contribution in [3.63, 3.8) is 0 Å². The Balaban J connectivity index is 2.63. The van der Waals surface area contributed by atoms with Crippen LogP contribution in [0.15, 0.2) is 6.07 Å². The second-order valence-electron chi connectivity index (χ2n) is 2.76. The van der Waals surface area contributed by atoms with Gasteiger partial charge in [-0.25, -0.2) is 0 Å². The number of halogens is 3. The third kappa shape index (κ3) is 1.06. The lowest BCUT2D eigenvalue weighted by molar-refractivity contribution is -0.137. The molecule has 2 N–H and O–H groups in total. The van der Waals surface area contributed by atoms with Gasteiger partial charge in [-0.05, 0) is 6.07 Å². The number of ether oxygens (including phenoxy) is 1. The standard InChI is InChI=1S/C8H3F3N2O/c9-8(10,11)4-1-5(13)3(2-12)6-7(4)14-6/h1H,13H2. The molecule has 0 aliphatic carbocycles. The molecular formula is C8H3F3N2O. The minimum Gasteiger partial charge on any atom is -0.447 e. The molecule has 6 heteroatoms. The van der Waals surface area contributed by atoms with Crippen molar-refractivity contribution in [2.24, 2.45) is 0 Å². The Bertz CT molecular complexity index is 455. The predicted molar refractivity (Wildman–Crippen MR) is 40.6 cm³/mol. The molecule has 72 valence electrons. The van der Waals surface area contributed by atoms with Crippen molar-refractivity contribution in [2.45, 2.75) is 6.18 Å². The third-order valence-electron chi connectivity index (χ3n) is 1.85. The number of anilines is 1. The molecular weight excluding hydrogens is 197 g/mol. The average molecular weight is 200 g/mol. The number of hydrogen-bond acceptors (Lipinski definition) is 3. The van der Waals surface area contributed by atoms with Crippen molar-refractivity contribution in [3.05, 3.63) is 17.2 Å². The van der Waals surface area contributed by atoms with Crippen molar-refractivity contribution in [2.75, 3.05) is 5.73 Å². The van der Waals surface area contributed by atoms with Crippen molar-refractivity contribution in [1.29, 1.82) is 5.26 Å². The van der Waals surface area contributed by atoms with Gasteiger partial charge in [-0.1, -0.05) is 0 Å². The fourth-order valence-corrected chi connectivity index (χ4v) is 1.17. The number of rotatable bonds is 0. The van der Waals surface area contributed by atoms with Crippen LogP contribution in [0.2, 0.25) is 0 Å². The molecule has 0 radical (unpaired) electrons. The Hall–Kier alpha value is -1.90. The molecule has 0 fully saturated rings. The van der Waals surface area contributed by atoms with Gasteiger partial charge >= 0.3 is 6.18 Å². The van der Waals surface area contributed by atoms with Gasteiger partial charge in [0.15, 0.2) is 11.5 Å². The van der Waals surface area contributed by atoms with Crippen LogP contribution in [0, 0.1) is 11.3 Å². The number of benzene rings is 1. The van der Waals surface area contributed by atoms with Crippen LogP contribution in [0.4, 0.5) is 18.9 Å². The topological polar surface area (TPSA) is 62.3 Å². The molecule has 0 atom stereocenters. The number of nitrogens with two attached hydrogens (primary N) is 1. The van der Waals surface area contributed by atoms with E-state index in [9.17, 15) is 13.2 Å². The van der Waals surface area contributed by atoms with Gasteiger partial charge in [0.25, 0.3) is 0 Å². The van der Waals surface area contributed by atoms with Gasteiger partial charge in [0.1, 0.15) is 17.2 Å². The summed E-state index contributed by atoms with van der Waals surface area (Å²) < 4.78 is 41.4. The van der Waals surface area contributed by atoms with Crippen LogP contribution in [0.25, 0.3) is 0 Å². The summed E-state index contributed by atoms with van der Waals surface area (Å²) in [4.78, 5) is 0. The first kappa shape index (κ1) is 8.69. The first-order chi connectivity index (χ1) is 6.45.